The summed E-state index contributed by atoms with van der Waals surface area (Å²) < 4.78 is 5.46. The zero-order valence-corrected chi connectivity index (χ0v) is 17.4. The standard InChI is InChI=1S/C23H30N4O2/c1-7-20-23(28)29-18(4)22(16(2)12-13-25-20)27(6)15-14-26-21-11-9-8-10-19(21)17(3)24-5/h7-11,14-16,22,24,26H,1,3-4,12-13H2,2,5-6H3/b15-14-,25-20-. The van der Waals surface area contributed by atoms with Gasteiger partial charge in [-0.15, -0.1) is 0 Å². The van der Waals surface area contributed by atoms with Crippen LogP contribution in [0, 0.1) is 5.92 Å². The number of hydrogen-bond donors (Lipinski definition) is 2. The van der Waals surface area contributed by atoms with Gasteiger partial charge in [-0.3, -0.25) is 4.99 Å². The minimum absolute atomic E-state index is 0.168. The number of anilines is 1. The number of rotatable bonds is 7. The lowest BCUT2D eigenvalue weighted by Gasteiger charge is -2.32. The molecule has 6 nitrogen and oxygen atoms in total. The Hall–Kier alpha value is -3.28. The fraction of sp³-hybridized carbons (Fsp3) is 0.304. The van der Waals surface area contributed by atoms with Crippen LogP contribution in [-0.2, 0) is 9.53 Å². The SMILES string of the molecule is C=C/C1=N/CCC(C)C(N(C)/C=C\Nc2ccccc2C(=C)NC)C(=C)OC1=O. The van der Waals surface area contributed by atoms with Crippen molar-refractivity contribution in [3.05, 3.63) is 73.8 Å². The predicted molar refractivity (Wildman–Crippen MR) is 120 cm³/mol. The van der Waals surface area contributed by atoms with Gasteiger partial charge in [0.25, 0.3) is 0 Å². The molecule has 2 rings (SSSR count). The maximum atomic E-state index is 12.2. The molecule has 0 spiro atoms. The zero-order chi connectivity index (χ0) is 21.4. The summed E-state index contributed by atoms with van der Waals surface area (Å²) >= 11 is 0. The fourth-order valence-corrected chi connectivity index (χ4v) is 3.28. The highest BCUT2D eigenvalue weighted by Crippen LogP contribution is 2.24. The number of cyclic esters (lactones) is 1. The fourth-order valence-electron chi connectivity index (χ4n) is 3.28. The highest BCUT2D eigenvalue weighted by atomic mass is 16.5. The molecule has 0 saturated carbocycles. The normalized spacial score (nSPS) is 21.8. The first-order valence-corrected chi connectivity index (χ1v) is 9.58. The number of nitrogens with one attached hydrogen (secondary N) is 2. The molecule has 0 amide bonds. The van der Waals surface area contributed by atoms with Crippen LogP contribution in [0.4, 0.5) is 5.69 Å². The molecule has 1 aromatic carbocycles. The summed E-state index contributed by atoms with van der Waals surface area (Å²) in [5, 5.41) is 6.37. The molecular formula is C23H30N4O2. The molecular weight excluding hydrogens is 364 g/mol. The lowest BCUT2D eigenvalue weighted by atomic mass is 9.96. The number of para-hydroxylation sites is 1. The Morgan fingerprint density at radius 3 is 2.79 bits per heavy atom. The van der Waals surface area contributed by atoms with Gasteiger partial charge in [-0.1, -0.05) is 44.9 Å². The largest absolute Gasteiger partial charge is 0.425 e. The molecule has 2 unspecified atom stereocenters. The number of aliphatic imine (C=N–C) groups is 1. The van der Waals surface area contributed by atoms with Crippen LogP contribution >= 0.6 is 0 Å². The second-order valence-electron chi connectivity index (χ2n) is 6.94. The van der Waals surface area contributed by atoms with Crippen molar-refractivity contribution in [2.24, 2.45) is 10.9 Å². The van der Waals surface area contributed by atoms with E-state index in [9.17, 15) is 4.79 Å². The van der Waals surface area contributed by atoms with Crippen molar-refractivity contribution in [3.8, 4) is 0 Å². The Morgan fingerprint density at radius 2 is 2.10 bits per heavy atom. The van der Waals surface area contributed by atoms with E-state index in [0.29, 0.717) is 12.3 Å². The highest BCUT2D eigenvalue weighted by molar-refractivity contribution is 6.41. The van der Waals surface area contributed by atoms with Gasteiger partial charge in [-0.2, -0.15) is 0 Å². The Bertz CT molecular complexity index is 841. The maximum Gasteiger partial charge on any atom is 0.361 e. The minimum atomic E-state index is -0.515. The summed E-state index contributed by atoms with van der Waals surface area (Å²) in [7, 11) is 3.78. The van der Waals surface area contributed by atoms with E-state index in [-0.39, 0.29) is 17.7 Å². The van der Waals surface area contributed by atoms with E-state index < -0.39 is 5.97 Å². The Morgan fingerprint density at radius 1 is 1.38 bits per heavy atom. The third kappa shape index (κ3) is 5.60. The molecule has 0 saturated heterocycles. The van der Waals surface area contributed by atoms with Crippen molar-refractivity contribution < 1.29 is 9.53 Å². The number of benzene rings is 1. The van der Waals surface area contributed by atoms with Crippen LogP contribution in [0.1, 0.15) is 18.9 Å². The molecule has 29 heavy (non-hydrogen) atoms. The van der Waals surface area contributed by atoms with Gasteiger partial charge < -0.3 is 20.3 Å². The average Bonchev–Trinajstić information content (AvgIpc) is 2.75. The lowest BCUT2D eigenvalue weighted by molar-refractivity contribution is -0.132. The van der Waals surface area contributed by atoms with Gasteiger partial charge in [0.05, 0.1) is 6.04 Å². The molecule has 0 bridgehead atoms. The molecule has 1 aromatic rings. The number of ether oxygens (including phenoxy) is 1. The predicted octanol–water partition coefficient (Wildman–Crippen LogP) is 3.78. The van der Waals surface area contributed by atoms with E-state index in [2.05, 4.69) is 42.3 Å². The summed E-state index contributed by atoms with van der Waals surface area (Å²) in [4.78, 5) is 18.5. The molecule has 6 heteroatoms. The van der Waals surface area contributed by atoms with Gasteiger partial charge in [0.2, 0.25) is 0 Å². The van der Waals surface area contributed by atoms with E-state index in [1.807, 2.05) is 55.7 Å². The molecule has 1 heterocycles. The van der Waals surface area contributed by atoms with Crippen molar-refractivity contribution in [1.29, 1.82) is 0 Å². The average molecular weight is 395 g/mol. The third-order valence-corrected chi connectivity index (χ3v) is 4.90. The number of carbonyl (C=O) groups is 1. The quantitative estimate of drug-likeness (QED) is 0.689. The molecule has 0 radical (unpaired) electrons. The topological polar surface area (TPSA) is 66.0 Å². The Kier molecular flexibility index (Phi) is 7.83. The Labute approximate surface area is 173 Å². The smallest absolute Gasteiger partial charge is 0.361 e. The van der Waals surface area contributed by atoms with Gasteiger partial charge in [0.1, 0.15) is 11.5 Å². The number of nitrogens with zero attached hydrogens (tertiary/aromatic N) is 2. The summed E-state index contributed by atoms with van der Waals surface area (Å²) in [5.74, 6) is 0.0726. The van der Waals surface area contributed by atoms with Gasteiger partial charge >= 0.3 is 5.97 Å². The van der Waals surface area contributed by atoms with Crippen molar-refractivity contribution in [3.63, 3.8) is 0 Å². The van der Waals surface area contributed by atoms with Crippen molar-refractivity contribution in [1.82, 2.24) is 10.2 Å². The van der Waals surface area contributed by atoms with Crippen LogP contribution < -0.4 is 10.6 Å². The van der Waals surface area contributed by atoms with Gasteiger partial charge in [0.15, 0.2) is 0 Å². The first-order valence-electron chi connectivity index (χ1n) is 9.58. The summed E-state index contributed by atoms with van der Waals surface area (Å²) in [5.41, 5.74) is 3.00. The molecule has 2 N–H and O–H groups in total. The molecule has 0 fully saturated rings. The summed E-state index contributed by atoms with van der Waals surface area (Å²) in [6.45, 7) is 14.3. The second-order valence-corrected chi connectivity index (χ2v) is 6.94. The third-order valence-electron chi connectivity index (χ3n) is 4.90. The van der Waals surface area contributed by atoms with E-state index in [0.717, 1.165) is 23.4 Å². The first-order chi connectivity index (χ1) is 13.9. The van der Waals surface area contributed by atoms with Crippen LogP contribution in [0.25, 0.3) is 5.70 Å². The molecule has 2 atom stereocenters. The molecule has 1 aliphatic rings. The van der Waals surface area contributed by atoms with Crippen LogP contribution in [-0.4, -0.2) is 43.3 Å². The number of likely N-dealkylation sites (N-methyl/N-ethyl adjacent to an activating group) is 1. The zero-order valence-electron chi connectivity index (χ0n) is 17.4. The van der Waals surface area contributed by atoms with E-state index in [1.165, 1.54) is 6.08 Å². The number of hydrogen-bond acceptors (Lipinski definition) is 6. The van der Waals surface area contributed by atoms with Gasteiger partial charge in [0, 0.05) is 50.0 Å². The van der Waals surface area contributed by atoms with Gasteiger partial charge in [-0.05, 0) is 24.5 Å². The second kappa shape index (κ2) is 10.3. The molecule has 0 aliphatic carbocycles. The van der Waals surface area contributed by atoms with Gasteiger partial charge in [-0.25, -0.2) is 4.79 Å². The van der Waals surface area contributed by atoms with Crippen LogP contribution in [0.3, 0.4) is 0 Å². The maximum absolute atomic E-state index is 12.2. The number of carbonyl (C=O) groups excluding carboxylic acids is 1. The minimum Gasteiger partial charge on any atom is -0.425 e. The van der Waals surface area contributed by atoms with Crippen LogP contribution in [0.5, 0.6) is 0 Å². The lowest BCUT2D eigenvalue weighted by Crippen LogP contribution is -2.36. The van der Waals surface area contributed by atoms with E-state index in [4.69, 9.17) is 4.74 Å². The van der Waals surface area contributed by atoms with Crippen molar-refractivity contribution in [2.45, 2.75) is 19.4 Å². The molecule has 1 aliphatic heterocycles. The summed E-state index contributed by atoms with van der Waals surface area (Å²) in [6, 6.07) is 7.75. The van der Waals surface area contributed by atoms with E-state index in [1.54, 1.807) is 0 Å². The summed E-state index contributed by atoms with van der Waals surface area (Å²) in [6.07, 6.45) is 5.98. The van der Waals surface area contributed by atoms with Crippen molar-refractivity contribution in [2.75, 3.05) is 26.0 Å². The highest BCUT2D eigenvalue weighted by Gasteiger charge is 2.28. The first kappa shape index (κ1) is 22.0. The van der Waals surface area contributed by atoms with E-state index >= 15 is 0 Å². The number of esters is 1. The van der Waals surface area contributed by atoms with Crippen molar-refractivity contribution >= 4 is 23.1 Å². The monoisotopic (exact) mass is 394 g/mol. The Balaban J connectivity index is 2.13. The van der Waals surface area contributed by atoms with Crippen LogP contribution in [0.15, 0.2) is 73.2 Å². The van der Waals surface area contributed by atoms with Crippen LogP contribution in [0.2, 0.25) is 0 Å². The molecule has 0 aromatic heterocycles. The molecule has 154 valence electrons.